The molecule has 0 N–H and O–H groups in total. The van der Waals surface area contributed by atoms with Crippen molar-refractivity contribution in [3.8, 4) is 0 Å². The van der Waals surface area contributed by atoms with Crippen LogP contribution in [0.5, 0.6) is 0 Å². The van der Waals surface area contributed by atoms with Gasteiger partial charge in [0.1, 0.15) is 5.78 Å². The number of Topliss-reactive ketones (excluding diaryl/α,β-unsaturated/α-hetero) is 1. The van der Waals surface area contributed by atoms with Gasteiger partial charge >= 0.3 is 0 Å². The topological polar surface area (TPSA) is 17.1 Å². The fourth-order valence-electron chi connectivity index (χ4n) is 1.91. The van der Waals surface area contributed by atoms with Crippen molar-refractivity contribution in [2.45, 2.75) is 42.8 Å². The molecule has 1 saturated carbocycles. The highest BCUT2D eigenvalue weighted by Crippen LogP contribution is 2.32. The van der Waals surface area contributed by atoms with Gasteiger partial charge in [-0.05, 0) is 31.9 Å². The summed E-state index contributed by atoms with van der Waals surface area (Å²) in [7, 11) is 0. The number of carbonyl (C=O) groups is 1. The van der Waals surface area contributed by atoms with E-state index in [4.69, 9.17) is 0 Å². The highest BCUT2D eigenvalue weighted by Gasteiger charge is 2.19. The predicted molar refractivity (Wildman–Crippen MR) is 64.3 cm³/mol. The fourth-order valence-corrected chi connectivity index (χ4v) is 3.18. The average molecular weight is 220 g/mol. The molecule has 80 valence electrons. The Balaban J connectivity index is 1.94. The molecule has 0 saturated heterocycles. The molecule has 1 aliphatic rings. The van der Waals surface area contributed by atoms with E-state index in [0.717, 1.165) is 25.7 Å². The number of rotatable bonds is 2. The van der Waals surface area contributed by atoms with Crippen LogP contribution >= 0.6 is 11.8 Å². The molecule has 15 heavy (non-hydrogen) atoms. The van der Waals surface area contributed by atoms with E-state index in [1.165, 1.54) is 10.5 Å². The minimum absolute atomic E-state index is 0.441. The van der Waals surface area contributed by atoms with Crippen LogP contribution in [0.25, 0.3) is 0 Å². The third-order valence-corrected chi connectivity index (χ3v) is 4.11. The van der Waals surface area contributed by atoms with Gasteiger partial charge in [-0.15, -0.1) is 11.8 Å². The number of benzene rings is 1. The van der Waals surface area contributed by atoms with Gasteiger partial charge in [0.15, 0.2) is 0 Å². The Morgan fingerprint density at radius 1 is 1.27 bits per heavy atom. The van der Waals surface area contributed by atoms with Crippen LogP contribution in [-0.4, -0.2) is 11.0 Å². The SMILES string of the molecule is Cc1cccc(SC2CCC(=O)CC2)c1. The monoisotopic (exact) mass is 220 g/mol. The molecule has 0 amide bonds. The van der Waals surface area contributed by atoms with Crippen molar-refractivity contribution in [1.82, 2.24) is 0 Å². The van der Waals surface area contributed by atoms with Crippen molar-refractivity contribution >= 4 is 17.5 Å². The summed E-state index contributed by atoms with van der Waals surface area (Å²) in [6, 6.07) is 8.61. The summed E-state index contributed by atoms with van der Waals surface area (Å²) in [6.45, 7) is 2.12. The Morgan fingerprint density at radius 3 is 2.67 bits per heavy atom. The summed E-state index contributed by atoms with van der Waals surface area (Å²) >= 11 is 1.93. The average Bonchev–Trinajstić information content (AvgIpc) is 2.22. The van der Waals surface area contributed by atoms with E-state index in [0.29, 0.717) is 11.0 Å². The Morgan fingerprint density at radius 2 is 2.00 bits per heavy atom. The van der Waals surface area contributed by atoms with Gasteiger partial charge in [-0.2, -0.15) is 0 Å². The molecule has 0 radical (unpaired) electrons. The number of carbonyl (C=O) groups excluding carboxylic acids is 1. The summed E-state index contributed by atoms with van der Waals surface area (Å²) in [6.07, 6.45) is 3.67. The molecule has 1 aromatic rings. The molecule has 1 nitrogen and oxygen atoms in total. The molecular formula is C13H16OS. The molecule has 2 heteroatoms. The minimum atomic E-state index is 0.441. The Hall–Kier alpha value is -0.760. The van der Waals surface area contributed by atoms with Crippen molar-refractivity contribution in [2.75, 3.05) is 0 Å². The van der Waals surface area contributed by atoms with Crippen LogP contribution in [-0.2, 0) is 4.79 Å². The molecule has 0 heterocycles. The van der Waals surface area contributed by atoms with Crippen LogP contribution in [0, 0.1) is 6.92 Å². The van der Waals surface area contributed by atoms with Gasteiger partial charge in [0.05, 0.1) is 0 Å². The number of ketones is 1. The molecule has 1 fully saturated rings. The van der Waals surface area contributed by atoms with Crippen LogP contribution in [0.1, 0.15) is 31.2 Å². The lowest BCUT2D eigenvalue weighted by molar-refractivity contribution is -0.120. The van der Waals surface area contributed by atoms with Crippen LogP contribution < -0.4 is 0 Å². The van der Waals surface area contributed by atoms with Crippen LogP contribution in [0.3, 0.4) is 0 Å². The van der Waals surface area contributed by atoms with E-state index in [-0.39, 0.29) is 0 Å². The summed E-state index contributed by atoms with van der Waals surface area (Å²) < 4.78 is 0. The number of thioether (sulfide) groups is 1. The van der Waals surface area contributed by atoms with Crippen molar-refractivity contribution in [2.24, 2.45) is 0 Å². The maximum absolute atomic E-state index is 11.1. The van der Waals surface area contributed by atoms with Gasteiger partial charge in [0, 0.05) is 23.0 Å². The van der Waals surface area contributed by atoms with Crippen molar-refractivity contribution < 1.29 is 4.79 Å². The van der Waals surface area contributed by atoms with E-state index in [1.807, 2.05) is 11.8 Å². The molecule has 0 unspecified atom stereocenters. The van der Waals surface area contributed by atoms with Crippen LogP contribution in [0.4, 0.5) is 0 Å². The first-order valence-corrected chi connectivity index (χ1v) is 6.37. The molecular weight excluding hydrogens is 204 g/mol. The molecule has 0 aromatic heterocycles. The largest absolute Gasteiger partial charge is 0.300 e. The molecule has 0 spiro atoms. The third-order valence-electron chi connectivity index (χ3n) is 2.78. The first kappa shape index (κ1) is 10.7. The third kappa shape index (κ3) is 3.10. The smallest absolute Gasteiger partial charge is 0.132 e. The molecule has 1 aliphatic carbocycles. The van der Waals surface area contributed by atoms with Gasteiger partial charge < -0.3 is 0 Å². The first-order chi connectivity index (χ1) is 7.24. The lowest BCUT2D eigenvalue weighted by Gasteiger charge is -2.20. The standard InChI is InChI=1S/C13H16OS/c1-10-3-2-4-13(9-10)15-12-7-5-11(14)6-8-12/h2-4,9,12H,5-8H2,1H3. The zero-order valence-electron chi connectivity index (χ0n) is 9.03. The van der Waals surface area contributed by atoms with E-state index in [9.17, 15) is 4.79 Å². The first-order valence-electron chi connectivity index (χ1n) is 5.49. The minimum Gasteiger partial charge on any atom is -0.300 e. The second kappa shape index (κ2) is 4.84. The van der Waals surface area contributed by atoms with E-state index < -0.39 is 0 Å². The molecule has 0 atom stereocenters. The quantitative estimate of drug-likeness (QED) is 0.757. The van der Waals surface area contributed by atoms with Gasteiger partial charge in [-0.3, -0.25) is 4.79 Å². The molecule has 0 bridgehead atoms. The summed E-state index contributed by atoms with van der Waals surface area (Å²) in [5.74, 6) is 0.441. The van der Waals surface area contributed by atoms with E-state index >= 15 is 0 Å². The fraction of sp³-hybridized carbons (Fsp3) is 0.462. The van der Waals surface area contributed by atoms with Crippen molar-refractivity contribution in [1.29, 1.82) is 0 Å². The zero-order valence-corrected chi connectivity index (χ0v) is 9.85. The van der Waals surface area contributed by atoms with Crippen molar-refractivity contribution in [3.63, 3.8) is 0 Å². The van der Waals surface area contributed by atoms with E-state index in [1.54, 1.807) is 0 Å². The van der Waals surface area contributed by atoms with E-state index in [2.05, 4.69) is 31.2 Å². The summed E-state index contributed by atoms with van der Waals surface area (Å²) in [5.41, 5.74) is 1.31. The van der Waals surface area contributed by atoms with Crippen molar-refractivity contribution in [3.05, 3.63) is 29.8 Å². The number of hydrogen-bond acceptors (Lipinski definition) is 2. The highest BCUT2D eigenvalue weighted by molar-refractivity contribution is 8.00. The lowest BCUT2D eigenvalue weighted by Crippen LogP contribution is -2.15. The van der Waals surface area contributed by atoms with Crippen LogP contribution in [0.15, 0.2) is 29.2 Å². The Kier molecular flexibility index (Phi) is 3.47. The highest BCUT2D eigenvalue weighted by atomic mass is 32.2. The van der Waals surface area contributed by atoms with Gasteiger partial charge in [0.25, 0.3) is 0 Å². The number of aryl methyl sites for hydroxylation is 1. The Bertz CT molecular complexity index is 349. The molecule has 0 aliphatic heterocycles. The zero-order chi connectivity index (χ0) is 10.7. The predicted octanol–water partition coefficient (Wildman–Crippen LogP) is 3.60. The van der Waals surface area contributed by atoms with Gasteiger partial charge in [-0.25, -0.2) is 0 Å². The second-order valence-electron chi connectivity index (χ2n) is 4.17. The molecule has 1 aromatic carbocycles. The number of hydrogen-bond donors (Lipinski definition) is 0. The maximum atomic E-state index is 11.1. The maximum Gasteiger partial charge on any atom is 0.132 e. The summed E-state index contributed by atoms with van der Waals surface area (Å²) in [5, 5.41) is 0.643. The molecule has 2 rings (SSSR count). The summed E-state index contributed by atoms with van der Waals surface area (Å²) in [4.78, 5) is 12.4. The lowest BCUT2D eigenvalue weighted by atomic mass is 9.99. The normalized spacial score (nSPS) is 18.1. The van der Waals surface area contributed by atoms with Gasteiger partial charge in [0.2, 0.25) is 0 Å². The van der Waals surface area contributed by atoms with Crippen LogP contribution in [0.2, 0.25) is 0 Å². The van der Waals surface area contributed by atoms with Gasteiger partial charge in [-0.1, -0.05) is 17.7 Å². The Labute approximate surface area is 95.3 Å². The second-order valence-corrected chi connectivity index (χ2v) is 5.55.